The van der Waals surface area contributed by atoms with E-state index < -0.39 is 0 Å². The fraction of sp³-hybridized carbons (Fsp3) is 0.556. The number of rotatable bonds is 6. The highest BCUT2D eigenvalue weighted by Crippen LogP contribution is 2.13. The van der Waals surface area contributed by atoms with Gasteiger partial charge in [-0.2, -0.15) is 0 Å². The van der Waals surface area contributed by atoms with E-state index in [0.717, 1.165) is 32.4 Å². The summed E-state index contributed by atoms with van der Waals surface area (Å²) in [5.41, 5.74) is 6.82. The van der Waals surface area contributed by atoms with Crippen LogP contribution < -0.4 is 11.1 Å². The summed E-state index contributed by atoms with van der Waals surface area (Å²) in [7, 11) is 0. The van der Waals surface area contributed by atoms with E-state index in [4.69, 9.17) is 5.73 Å². The molecule has 2 amide bonds. The van der Waals surface area contributed by atoms with Gasteiger partial charge in [-0.05, 0) is 31.7 Å². The number of hydrogen-bond acceptors (Lipinski definition) is 3. The number of nitrogens with one attached hydrogen (secondary N) is 1. The van der Waals surface area contributed by atoms with E-state index in [0.29, 0.717) is 12.8 Å². The molecule has 6 heteroatoms. The van der Waals surface area contributed by atoms with E-state index in [1.54, 1.807) is 0 Å². The lowest BCUT2D eigenvalue weighted by Crippen LogP contribution is -2.47. The maximum absolute atomic E-state index is 12.3. The topological polar surface area (TPSA) is 75.4 Å². The second-order valence-electron chi connectivity index (χ2n) is 6.39. The molecular formula is C18H28ClN3O2. The van der Waals surface area contributed by atoms with Gasteiger partial charge in [0.25, 0.3) is 0 Å². The lowest BCUT2D eigenvalue weighted by atomic mass is 10.0. The SMILES string of the molecule is CC(N)CC(=O)NC1CCN(C(=O)CCc2ccccc2)CC1.Cl. The van der Waals surface area contributed by atoms with Gasteiger partial charge in [0.1, 0.15) is 0 Å². The summed E-state index contributed by atoms with van der Waals surface area (Å²) in [6.45, 7) is 3.26. The van der Waals surface area contributed by atoms with Gasteiger partial charge in [-0.15, -0.1) is 12.4 Å². The third kappa shape index (κ3) is 6.89. The van der Waals surface area contributed by atoms with E-state index in [1.807, 2.05) is 42.2 Å². The average Bonchev–Trinajstić information content (AvgIpc) is 2.53. The molecule has 1 aliphatic rings. The first-order valence-corrected chi connectivity index (χ1v) is 8.41. The third-order valence-corrected chi connectivity index (χ3v) is 4.19. The molecule has 0 saturated carbocycles. The van der Waals surface area contributed by atoms with Crippen LogP contribution in [0.2, 0.25) is 0 Å². The lowest BCUT2D eigenvalue weighted by Gasteiger charge is -2.32. The van der Waals surface area contributed by atoms with Crippen molar-refractivity contribution in [1.29, 1.82) is 0 Å². The number of piperidine rings is 1. The zero-order valence-electron chi connectivity index (χ0n) is 14.2. The van der Waals surface area contributed by atoms with Crippen LogP contribution >= 0.6 is 12.4 Å². The van der Waals surface area contributed by atoms with Crippen LogP contribution in [0.15, 0.2) is 30.3 Å². The Kier molecular flexibility index (Phi) is 8.79. The van der Waals surface area contributed by atoms with Crippen LogP contribution in [0.4, 0.5) is 0 Å². The van der Waals surface area contributed by atoms with Crippen LogP contribution in [-0.2, 0) is 16.0 Å². The van der Waals surface area contributed by atoms with Gasteiger partial charge in [-0.1, -0.05) is 30.3 Å². The first-order chi connectivity index (χ1) is 11.0. The first kappa shape index (κ1) is 20.5. The molecule has 1 unspecified atom stereocenters. The molecule has 1 atom stereocenters. The Hall–Kier alpha value is -1.59. The minimum Gasteiger partial charge on any atom is -0.353 e. The maximum Gasteiger partial charge on any atom is 0.222 e. The van der Waals surface area contributed by atoms with Crippen LogP contribution in [0, 0.1) is 0 Å². The van der Waals surface area contributed by atoms with Gasteiger partial charge < -0.3 is 16.0 Å². The number of amides is 2. The molecule has 1 heterocycles. The fourth-order valence-corrected chi connectivity index (χ4v) is 2.91. The molecule has 1 saturated heterocycles. The van der Waals surface area contributed by atoms with E-state index in [-0.39, 0.29) is 36.3 Å². The molecule has 134 valence electrons. The highest BCUT2D eigenvalue weighted by molar-refractivity contribution is 5.85. The van der Waals surface area contributed by atoms with Gasteiger partial charge in [-0.25, -0.2) is 0 Å². The molecule has 1 aromatic carbocycles. The standard InChI is InChI=1S/C18H27N3O2.ClH/c1-14(19)13-17(22)20-16-9-11-21(12-10-16)18(23)8-7-15-5-3-2-4-6-15;/h2-6,14,16H,7-13,19H2,1H3,(H,20,22);1H. The Bertz CT molecular complexity index is 514. The molecule has 0 radical (unpaired) electrons. The molecule has 2 rings (SSSR count). The summed E-state index contributed by atoms with van der Waals surface area (Å²) in [5, 5.41) is 3.01. The van der Waals surface area contributed by atoms with Crippen LogP contribution in [0.25, 0.3) is 0 Å². The van der Waals surface area contributed by atoms with E-state index >= 15 is 0 Å². The number of carbonyl (C=O) groups is 2. The largest absolute Gasteiger partial charge is 0.353 e. The zero-order valence-corrected chi connectivity index (χ0v) is 15.1. The number of halogens is 1. The normalized spacial score (nSPS) is 16.2. The van der Waals surface area contributed by atoms with Gasteiger partial charge in [0.2, 0.25) is 11.8 Å². The highest BCUT2D eigenvalue weighted by atomic mass is 35.5. The number of benzene rings is 1. The van der Waals surface area contributed by atoms with Crippen molar-refractivity contribution in [2.24, 2.45) is 5.73 Å². The summed E-state index contributed by atoms with van der Waals surface area (Å²) in [6, 6.07) is 10.1. The third-order valence-electron chi connectivity index (χ3n) is 4.19. The number of hydrogen-bond donors (Lipinski definition) is 2. The average molecular weight is 354 g/mol. The predicted molar refractivity (Wildman–Crippen MR) is 98.0 cm³/mol. The molecule has 0 aliphatic carbocycles. The lowest BCUT2D eigenvalue weighted by molar-refractivity contribution is -0.132. The monoisotopic (exact) mass is 353 g/mol. The molecule has 0 aromatic heterocycles. The minimum atomic E-state index is -0.116. The van der Waals surface area contributed by atoms with Crippen molar-refractivity contribution in [3.8, 4) is 0 Å². The van der Waals surface area contributed by atoms with E-state index in [1.165, 1.54) is 5.56 Å². The smallest absolute Gasteiger partial charge is 0.222 e. The molecule has 3 N–H and O–H groups in total. The van der Waals surface area contributed by atoms with Crippen LogP contribution in [0.1, 0.15) is 38.2 Å². The number of nitrogens with zero attached hydrogens (tertiary/aromatic N) is 1. The van der Waals surface area contributed by atoms with Crippen molar-refractivity contribution in [3.05, 3.63) is 35.9 Å². The Morgan fingerprint density at radius 1 is 1.25 bits per heavy atom. The second kappa shape index (κ2) is 10.3. The Labute approximate surface area is 150 Å². The summed E-state index contributed by atoms with van der Waals surface area (Å²) < 4.78 is 0. The van der Waals surface area contributed by atoms with Crippen molar-refractivity contribution >= 4 is 24.2 Å². The van der Waals surface area contributed by atoms with Crippen molar-refractivity contribution in [3.63, 3.8) is 0 Å². The molecule has 5 nitrogen and oxygen atoms in total. The van der Waals surface area contributed by atoms with Crippen LogP contribution in [0.5, 0.6) is 0 Å². The van der Waals surface area contributed by atoms with Gasteiger partial charge in [0, 0.05) is 38.0 Å². The summed E-state index contributed by atoms with van der Waals surface area (Å²) in [6.07, 6.45) is 3.33. The zero-order chi connectivity index (χ0) is 16.7. The Balaban J connectivity index is 0.00000288. The van der Waals surface area contributed by atoms with Crippen LogP contribution in [0.3, 0.4) is 0 Å². The quantitative estimate of drug-likeness (QED) is 0.820. The molecule has 0 bridgehead atoms. The summed E-state index contributed by atoms with van der Waals surface area (Å²) in [5.74, 6) is 0.211. The summed E-state index contributed by atoms with van der Waals surface area (Å²) in [4.78, 5) is 25.9. The molecule has 0 spiro atoms. The number of nitrogens with two attached hydrogens (primary N) is 1. The fourth-order valence-electron chi connectivity index (χ4n) is 2.91. The van der Waals surface area contributed by atoms with Crippen molar-refractivity contribution in [1.82, 2.24) is 10.2 Å². The van der Waals surface area contributed by atoms with Gasteiger partial charge in [0.15, 0.2) is 0 Å². The number of carbonyl (C=O) groups excluding carboxylic acids is 2. The molecule has 1 aromatic rings. The molecule has 1 aliphatic heterocycles. The van der Waals surface area contributed by atoms with Crippen molar-refractivity contribution in [2.75, 3.05) is 13.1 Å². The Morgan fingerprint density at radius 3 is 2.46 bits per heavy atom. The van der Waals surface area contributed by atoms with Gasteiger partial charge in [-0.3, -0.25) is 9.59 Å². The van der Waals surface area contributed by atoms with E-state index in [2.05, 4.69) is 5.32 Å². The highest BCUT2D eigenvalue weighted by Gasteiger charge is 2.23. The van der Waals surface area contributed by atoms with Crippen molar-refractivity contribution < 1.29 is 9.59 Å². The molecular weight excluding hydrogens is 326 g/mol. The minimum absolute atomic E-state index is 0. The molecule has 1 fully saturated rings. The van der Waals surface area contributed by atoms with Gasteiger partial charge in [0.05, 0.1) is 0 Å². The second-order valence-corrected chi connectivity index (χ2v) is 6.39. The number of likely N-dealkylation sites (tertiary alicyclic amines) is 1. The summed E-state index contributed by atoms with van der Waals surface area (Å²) >= 11 is 0. The Morgan fingerprint density at radius 2 is 1.88 bits per heavy atom. The van der Waals surface area contributed by atoms with Crippen molar-refractivity contribution in [2.45, 2.75) is 51.1 Å². The van der Waals surface area contributed by atoms with E-state index in [9.17, 15) is 9.59 Å². The first-order valence-electron chi connectivity index (χ1n) is 8.41. The maximum atomic E-state index is 12.3. The predicted octanol–water partition coefficient (Wildman–Crippen LogP) is 1.89. The number of aryl methyl sites for hydroxylation is 1. The molecule has 24 heavy (non-hydrogen) atoms. The van der Waals surface area contributed by atoms with Gasteiger partial charge >= 0.3 is 0 Å². The van der Waals surface area contributed by atoms with Crippen LogP contribution in [-0.4, -0.2) is 41.9 Å².